The molecule has 1 rings (SSSR count). The second kappa shape index (κ2) is 5.20. The van der Waals surface area contributed by atoms with Crippen LogP contribution in [0.25, 0.3) is 0 Å². The highest BCUT2D eigenvalue weighted by Crippen LogP contribution is 2.18. The fourth-order valence-corrected chi connectivity index (χ4v) is 1.98. The quantitative estimate of drug-likeness (QED) is 0.576. The molecule has 0 saturated heterocycles. The number of benzene rings is 1. The Balaban J connectivity index is 2.82. The van der Waals surface area contributed by atoms with E-state index in [1.165, 1.54) is 22.9 Å². The van der Waals surface area contributed by atoms with Gasteiger partial charge in [-0.25, -0.2) is 0 Å². The van der Waals surface area contributed by atoms with Crippen molar-refractivity contribution < 1.29 is 4.48 Å². The number of hydrogen-bond donors (Lipinski definition) is 0. The van der Waals surface area contributed by atoms with E-state index in [0.717, 1.165) is 16.8 Å². The predicted molar refractivity (Wildman–Crippen MR) is 65.1 cm³/mol. The van der Waals surface area contributed by atoms with Gasteiger partial charge in [0.25, 0.3) is 0 Å². The van der Waals surface area contributed by atoms with Crippen molar-refractivity contribution in [1.82, 2.24) is 0 Å². The van der Waals surface area contributed by atoms with E-state index in [9.17, 15) is 0 Å². The van der Waals surface area contributed by atoms with Gasteiger partial charge in [-0.15, -0.1) is 0 Å². The van der Waals surface area contributed by atoms with Gasteiger partial charge in [0, 0.05) is 11.3 Å². The molecule has 1 aromatic carbocycles. The number of nitrogens with zero attached hydrogens (tertiary/aromatic N) is 2. The summed E-state index contributed by atoms with van der Waals surface area (Å²) < 4.78 is 0.911. The Kier molecular flexibility index (Phi) is 4.19. The first kappa shape index (κ1) is 12.1. The molecule has 0 heterocycles. The largest absolute Gasteiger partial charge is 0.327 e. The fraction of sp³-hybridized carbons (Fsp3) is 0.417. The first-order chi connectivity index (χ1) is 7.03. The summed E-state index contributed by atoms with van der Waals surface area (Å²) in [7, 11) is 6.52. The van der Waals surface area contributed by atoms with Crippen LogP contribution in [0.1, 0.15) is 11.1 Å². The monoisotopic (exact) mass is 221 g/mol. The molecule has 0 N–H and O–H groups in total. The SMILES string of the molecule is C[N+](C)(C)Cc1ccccc1CSC#N. The maximum atomic E-state index is 8.56. The Morgan fingerprint density at radius 2 is 1.80 bits per heavy atom. The van der Waals surface area contributed by atoms with Gasteiger partial charge in [-0.3, -0.25) is 0 Å². The Bertz CT molecular complexity index is 361. The molecule has 15 heavy (non-hydrogen) atoms. The zero-order valence-electron chi connectivity index (χ0n) is 9.53. The molecule has 1 aromatic rings. The number of nitriles is 1. The Hall–Kier alpha value is -0.980. The Morgan fingerprint density at radius 3 is 2.33 bits per heavy atom. The van der Waals surface area contributed by atoms with Gasteiger partial charge in [-0.2, -0.15) is 5.26 Å². The highest BCUT2D eigenvalue weighted by atomic mass is 32.2. The van der Waals surface area contributed by atoms with Crippen LogP contribution in [0.15, 0.2) is 24.3 Å². The third-order valence-corrected chi connectivity index (χ3v) is 2.64. The van der Waals surface area contributed by atoms with E-state index in [-0.39, 0.29) is 0 Å². The van der Waals surface area contributed by atoms with Gasteiger partial charge in [0.15, 0.2) is 0 Å². The molecular formula is C12H17N2S+. The van der Waals surface area contributed by atoms with Crippen LogP contribution in [0, 0.1) is 10.7 Å². The number of quaternary nitrogens is 1. The fourth-order valence-electron chi connectivity index (χ4n) is 1.47. The summed E-state index contributed by atoms with van der Waals surface area (Å²) in [6.45, 7) is 1.00. The van der Waals surface area contributed by atoms with Crippen LogP contribution in [0.3, 0.4) is 0 Å². The molecule has 0 bridgehead atoms. The average molecular weight is 221 g/mol. The van der Waals surface area contributed by atoms with Gasteiger partial charge >= 0.3 is 0 Å². The van der Waals surface area contributed by atoms with Crippen LogP contribution >= 0.6 is 11.8 Å². The van der Waals surface area contributed by atoms with E-state index in [4.69, 9.17) is 5.26 Å². The molecule has 0 atom stereocenters. The summed E-state index contributed by atoms with van der Waals surface area (Å²) in [5.41, 5.74) is 2.62. The van der Waals surface area contributed by atoms with Crippen molar-refractivity contribution in [2.24, 2.45) is 0 Å². The third-order valence-electron chi connectivity index (χ3n) is 2.06. The van der Waals surface area contributed by atoms with E-state index in [1.807, 2.05) is 6.07 Å². The molecule has 80 valence electrons. The molecule has 0 saturated carbocycles. The topological polar surface area (TPSA) is 23.8 Å². The van der Waals surface area contributed by atoms with E-state index in [2.05, 4.69) is 44.7 Å². The Morgan fingerprint density at radius 1 is 1.20 bits per heavy atom. The van der Waals surface area contributed by atoms with Crippen LogP contribution < -0.4 is 0 Å². The Labute approximate surface area is 96.1 Å². The lowest BCUT2D eigenvalue weighted by atomic mass is 10.1. The molecule has 0 spiro atoms. The maximum Gasteiger partial charge on any atom is 0.133 e. The van der Waals surface area contributed by atoms with Crippen LogP contribution in [0.2, 0.25) is 0 Å². The minimum absolute atomic E-state index is 0.784. The highest BCUT2D eigenvalue weighted by Gasteiger charge is 2.11. The van der Waals surface area contributed by atoms with Crippen molar-refractivity contribution in [3.63, 3.8) is 0 Å². The molecule has 0 amide bonds. The minimum Gasteiger partial charge on any atom is -0.327 e. The van der Waals surface area contributed by atoms with Crippen molar-refractivity contribution in [3.8, 4) is 5.40 Å². The summed E-state index contributed by atoms with van der Waals surface area (Å²) in [5.74, 6) is 0.784. The molecule has 0 fully saturated rings. The lowest BCUT2D eigenvalue weighted by Gasteiger charge is -2.25. The standard InChI is InChI=1S/C12H17N2S/c1-14(2,3)8-11-6-4-5-7-12(11)9-15-10-13/h4-7H,8-9H2,1-3H3/q+1. The zero-order chi connectivity index (χ0) is 11.3. The molecule has 0 radical (unpaired) electrons. The number of rotatable bonds is 4. The molecule has 0 aliphatic carbocycles. The molecule has 3 heteroatoms. The van der Waals surface area contributed by atoms with Crippen molar-refractivity contribution in [2.45, 2.75) is 12.3 Å². The molecule has 2 nitrogen and oxygen atoms in total. The van der Waals surface area contributed by atoms with E-state index < -0.39 is 0 Å². The summed E-state index contributed by atoms with van der Waals surface area (Å²) in [6, 6.07) is 8.35. The van der Waals surface area contributed by atoms with Crippen LogP contribution in [0.5, 0.6) is 0 Å². The summed E-state index contributed by atoms with van der Waals surface area (Å²) in [6.07, 6.45) is 0. The van der Waals surface area contributed by atoms with Crippen molar-refractivity contribution in [1.29, 1.82) is 5.26 Å². The second-order valence-electron chi connectivity index (χ2n) is 4.60. The first-order valence-electron chi connectivity index (χ1n) is 4.91. The maximum absolute atomic E-state index is 8.56. The normalized spacial score (nSPS) is 11.1. The lowest BCUT2D eigenvalue weighted by Crippen LogP contribution is -2.33. The van der Waals surface area contributed by atoms with Crippen LogP contribution in [0.4, 0.5) is 0 Å². The molecular weight excluding hydrogens is 204 g/mol. The van der Waals surface area contributed by atoms with E-state index in [0.29, 0.717) is 0 Å². The van der Waals surface area contributed by atoms with E-state index >= 15 is 0 Å². The van der Waals surface area contributed by atoms with Gasteiger partial charge < -0.3 is 4.48 Å². The lowest BCUT2D eigenvalue weighted by molar-refractivity contribution is -0.884. The number of hydrogen-bond acceptors (Lipinski definition) is 2. The second-order valence-corrected chi connectivity index (χ2v) is 5.36. The van der Waals surface area contributed by atoms with Crippen molar-refractivity contribution in [3.05, 3.63) is 35.4 Å². The van der Waals surface area contributed by atoms with Gasteiger partial charge in [-0.05, 0) is 17.3 Å². The molecule has 0 unspecified atom stereocenters. The van der Waals surface area contributed by atoms with Crippen molar-refractivity contribution in [2.75, 3.05) is 21.1 Å². The third kappa shape index (κ3) is 4.37. The molecule has 0 aliphatic rings. The summed E-state index contributed by atoms with van der Waals surface area (Å²) >= 11 is 1.30. The molecule has 0 aliphatic heterocycles. The summed E-state index contributed by atoms with van der Waals surface area (Å²) in [4.78, 5) is 0. The van der Waals surface area contributed by atoms with Gasteiger partial charge in [-0.1, -0.05) is 24.3 Å². The zero-order valence-corrected chi connectivity index (χ0v) is 10.3. The predicted octanol–water partition coefficient (Wildman–Crippen LogP) is 2.61. The van der Waals surface area contributed by atoms with Gasteiger partial charge in [0.1, 0.15) is 11.9 Å². The van der Waals surface area contributed by atoms with Gasteiger partial charge in [0.05, 0.1) is 21.1 Å². The summed E-state index contributed by atoms with van der Waals surface area (Å²) in [5, 5.41) is 10.7. The van der Waals surface area contributed by atoms with Crippen LogP contribution in [-0.4, -0.2) is 25.6 Å². The first-order valence-corrected chi connectivity index (χ1v) is 5.89. The van der Waals surface area contributed by atoms with Crippen LogP contribution in [-0.2, 0) is 12.3 Å². The smallest absolute Gasteiger partial charge is 0.133 e. The molecule has 0 aromatic heterocycles. The average Bonchev–Trinajstić information content (AvgIpc) is 2.14. The highest BCUT2D eigenvalue weighted by molar-refractivity contribution is 8.02. The minimum atomic E-state index is 0.784. The van der Waals surface area contributed by atoms with Gasteiger partial charge in [0.2, 0.25) is 0 Å². The number of thiocyanates is 1. The van der Waals surface area contributed by atoms with E-state index in [1.54, 1.807) is 0 Å². The number of thioether (sulfide) groups is 1. The van der Waals surface area contributed by atoms with Crippen molar-refractivity contribution >= 4 is 11.8 Å².